The molecule has 0 N–H and O–H groups in total. The van der Waals surface area contributed by atoms with Crippen LogP contribution in [0.5, 0.6) is 0 Å². The van der Waals surface area contributed by atoms with Gasteiger partial charge in [-0.25, -0.2) is 4.90 Å². The van der Waals surface area contributed by atoms with E-state index in [0.29, 0.717) is 13.1 Å². The maximum atomic E-state index is 12.7. The Morgan fingerprint density at radius 3 is 2.04 bits per heavy atom. The van der Waals surface area contributed by atoms with Gasteiger partial charge in [-0.2, -0.15) is 13.2 Å². The third-order valence-corrected chi connectivity index (χ3v) is 4.62. The third-order valence-electron chi connectivity index (χ3n) is 4.28. The smallest absolute Gasteiger partial charge is 0.363 e. The lowest BCUT2D eigenvalue weighted by Gasteiger charge is -2.34. The molecule has 0 aliphatic carbocycles. The summed E-state index contributed by atoms with van der Waals surface area (Å²) in [6.07, 6.45) is -4.49. The van der Waals surface area contributed by atoms with Gasteiger partial charge in [0.05, 0.1) is 11.3 Å². The predicted octanol–water partition coefficient (Wildman–Crippen LogP) is 2.28. The fraction of sp³-hybridized carbons (Fsp3) is 0.375. The lowest BCUT2D eigenvalue weighted by atomic mass is 10.2. The molecule has 0 atom stereocenters. The first kappa shape index (κ1) is 17.8. The third kappa shape index (κ3) is 3.23. The maximum absolute atomic E-state index is 12.7. The number of nitrogens with zero attached hydrogens (tertiary/aromatic N) is 3. The van der Waals surface area contributed by atoms with E-state index in [1.54, 1.807) is 4.90 Å². The lowest BCUT2D eigenvalue weighted by Crippen LogP contribution is -2.46. The number of halogens is 4. The van der Waals surface area contributed by atoms with Crippen LogP contribution in [0.1, 0.15) is 5.56 Å². The normalized spacial score (nSPS) is 20.0. The molecule has 0 saturated carbocycles. The van der Waals surface area contributed by atoms with Crippen molar-refractivity contribution in [3.05, 3.63) is 40.6 Å². The maximum Gasteiger partial charge on any atom is 0.416 e. The number of alkyl halides is 3. The Balaban J connectivity index is 1.86. The summed E-state index contributed by atoms with van der Waals surface area (Å²) < 4.78 is 38.0. The second-order valence-corrected chi connectivity index (χ2v) is 6.32. The van der Waals surface area contributed by atoms with E-state index >= 15 is 0 Å². The van der Waals surface area contributed by atoms with Crippen molar-refractivity contribution in [2.75, 3.05) is 38.1 Å². The van der Waals surface area contributed by atoms with Gasteiger partial charge in [-0.05, 0) is 31.3 Å². The molecule has 2 amide bonds. The molecular weight excluding hydrogens is 359 g/mol. The van der Waals surface area contributed by atoms with Crippen molar-refractivity contribution >= 4 is 29.1 Å². The summed E-state index contributed by atoms with van der Waals surface area (Å²) in [7, 11) is 1.95. The Hall–Kier alpha value is -2.06. The molecule has 0 radical (unpaired) electrons. The molecule has 0 spiro atoms. The van der Waals surface area contributed by atoms with Gasteiger partial charge in [0.1, 0.15) is 10.7 Å². The molecule has 1 saturated heterocycles. The number of rotatable bonds is 2. The van der Waals surface area contributed by atoms with Gasteiger partial charge in [0, 0.05) is 26.2 Å². The second kappa shape index (κ2) is 6.34. The zero-order chi connectivity index (χ0) is 18.4. The first-order valence-electron chi connectivity index (χ1n) is 7.59. The van der Waals surface area contributed by atoms with Gasteiger partial charge < -0.3 is 9.80 Å². The molecule has 134 valence electrons. The van der Waals surface area contributed by atoms with Crippen LogP contribution in [0.3, 0.4) is 0 Å². The number of likely N-dealkylation sites (N-methyl/N-ethyl adjacent to an activating group) is 1. The highest BCUT2D eigenvalue weighted by atomic mass is 35.5. The van der Waals surface area contributed by atoms with Crippen LogP contribution in [0.2, 0.25) is 0 Å². The van der Waals surface area contributed by atoms with Crippen molar-refractivity contribution in [2.24, 2.45) is 0 Å². The molecule has 0 aromatic heterocycles. The van der Waals surface area contributed by atoms with E-state index in [1.165, 1.54) is 0 Å². The van der Waals surface area contributed by atoms with Crippen LogP contribution >= 0.6 is 11.6 Å². The first-order valence-corrected chi connectivity index (χ1v) is 7.97. The lowest BCUT2D eigenvalue weighted by molar-refractivity contribution is -0.137. The minimum Gasteiger partial charge on any atom is -0.363 e. The Kier molecular flexibility index (Phi) is 4.51. The molecular formula is C16H15ClF3N3O2. The Bertz CT molecular complexity index is 738. The molecule has 2 aliphatic heterocycles. The number of benzene rings is 1. The highest BCUT2D eigenvalue weighted by molar-refractivity contribution is 6.52. The minimum atomic E-state index is -4.49. The fourth-order valence-electron chi connectivity index (χ4n) is 2.83. The van der Waals surface area contributed by atoms with Crippen molar-refractivity contribution in [3.8, 4) is 0 Å². The van der Waals surface area contributed by atoms with Crippen molar-refractivity contribution in [1.82, 2.24) is 9.80 Å². The van der Waals surface area contributed by atoms with E-state index in [4.69, 9.17) is 11.6 Å². The molecule has 1 aromatic rings. The Morgan fingerprint density at radius 2 is 1.52 bits per heavy atom. The minimum absolute atomic E-state index is 0.0604. The summed E-state index contributed by atoms with van der Waals surface area (Å²) in [5.41, 5.74) is -0.682. The summed E-state index contributed by atoms with van der Waals surface area (Å²) in [5.74, 6) is -1.33. The second-order valence-electron chi connectivity index (χ2n) is 5.94. The monoisotopic (exact) mass is 373 g/mol. The van der Waals surface area contributed by atoms with Crippen LogP contribution in [0, 0.1) is 0 Å². The molecule has 1 fully saturated rings. The molecule has 2 heterocycles. The summed E-state index contributed by atoms with van der Waals surface area (Å²) >= 11 is 6.07. The van der Waals surface area contributed by atoms with Crippen molar-refractivity contribution < 1.29 is 22.8 Å². The number of amides is 2. The molecule has 0 bridgehead atoms. The topological polar surface area (TPSA) is 43.9 Å². The Morgan fingerprint density at radius 1 is 0.960 bits per heavy atom. The van der Waals surface area contributed by atoms with Crippen molar-refractivity contribution in [2.45, 2.75) is 6.18 Å². The van der Waals surface area contributed by atoms with Gasteiger partial charge >= 0.3 is 6.18 Å². The molecule has 2 aliphatic rings. The predicted molar refractivity (Wildman–Crippen MR) is 85.9 cm³/mol. The number of piperazine rings is 1. The highest BCUT2D eigenvalue weighted by Crippen LogP contribution is 2.34. The van der Waals surface area contributed by atoms with Gasteiger partial charge in [-0.15, -0.1) is 0 Å². The summed E-state index contributed by atoms with van der Waals surface area (Å²) in [6, 6.07) is 3.85. The average Bonchev–Trinajstić information content (AvgIpc) is 2.78. The molecule has 3 rings (SSSR count). The number of carbonyl (C=O) groups is 2. The molecule has 25 heavy (non-hydrogen) atoms. The molecule has 9 heteroatoms. The van der Waals surface area contributed by atoms with E-state index in [2.05, 4.69) is 4.90 Å². The van der Waals surface area contributed by atoms with Gasteiger partial charge in [0.15, 0.2) is 0 Å². The standard InChI is InChI=1S/C16H15ClF3N3O2/c1-21-6-8-22(9-7-21)13-12(17)14(24)23(15(13)25)11-4-2-10(3-5-11)16(18,19)20/h2-5H,6-9H2,1H3. The van der Waals surface area contributed by atoms with E-state index in [0.717, 1.165) is 42.3 Å². The summed E-state index contributed by atoms with van der Waals surface area (Å²) in [5, 5.41) is -0.200. The van der Waals surface area contributed by atoms with Crippen molar-refractivity contribution in [3.63, 3.8) is 0 Å². The Labute approximate surface area is 147 Å². The number of anilines is 1. The first-order chi connectivity index (χ1) is 11.7. The largest absolute Gasteiger partial charge is 0.416 e. The van der Waals surface area contributed by atoms with E-state index in [1.807, 2.05) is 7.05 Å². The fourth-order valence-corrected chi connectivity index (χ4v) is 3.11. The molecule has 5 nitrogen and oxygen atoms in total. The average molecular weight is 374 g/mol. The summed E-state index contributed by atoms with van der Waals surface area (Å²) in [6.45, 7) is 2.52. The van der Waals surface area contributed by atoms with Crippen LogP contribution in [-0.2, 0) is 15.8 Å². The molecule has 1 aromatic carbocycles. The van der Waals surface area contributed by atoms with Crippen LogP contribution < -0.4 is 4.90 Å². The quantitative estimate of drug-likeness (QED) is 0.746. The number of hydrogen-bond acceptors (Lipinski definition) is 4. The van der Waals surface area contributed by atoms with Crippen LogP contribution in [-0.4, -0.2) is 54.8 Å². The molecule has 0 unspecified atom stereocenters. The van der Waals surface area contributed by atoms with Crippen LogP contribution in [0.15, 0.2) is 35.0 Å². The van der Waals surface area contributed by atoms with Gasteiger partial charge in [0.25, 0.3) is 11.8 Å². The zero-order valence-electron chi connectivity index (χ0n) is 13.3. The van der Waals surface area contributed by atoms with E-state index in [-0.39, 0.29) is 16.4 Å². The van der Waals surface area contributed by atoms with Gasteiger partial charge in [-0.3, -0.25) is 9.59 Å². The van der Waals surface area contributed by atoms with Gasteiger partial charge in [0.2, 0.25) is 0 Å². The van der Waals surface area contributed by atoms with Crippen LogP contribution in [0.25, 0.3) is 0 Å². The van der Waals surface area contributed by atoms with E-state index < -0.39 is 23.6 Å². The van der Waals surface area contributed by atoms with Crippen LogP contribution in [0.4, 0.5) is 18.9 Å². The number of imide groups is 1. The van der Waals surface area contributed by atoms with Gasteiger partial charge in [-0.1, -0.05) is 11.6 Å². The number of hydrogen-bond donors (Lipinski definition) is 0. The SMILES string of the molecule is CN1CCN(C2=C(Cl)C(=O)N(c3ccc(C(F)(F)F)cc3)C2=O)CC1. The highest BCUT2D eigenvalue weighted by Gasteiger charge is 2.42. The number of carbonyl (C=O) groups excluding carboxylic acids is 2. The van der Waals surface area contributed by atoms with Crippen molar-refractivity contribution in [1.29, 1.82) is 0 Å². The zero-order valence-corrected chi connectivity index (χ0v) is 14.1. The van der Waals surface area contributed by atoms with E-state index in [9.17, 15) is 22.8 Å². The summed E-state index contributed by atoms with van der Waals surface area (Å²) in [4.78, 5) is 29.7.